The summed E-state index contributed by atoms with van der Waals surface area (Å²) in [5, 5.41) is 20.4. The Morgan fingerprint density at radius 1 is 1.38 bits per heavy atom. The molecule has 0 aromatic rings. The van der Waals surface area contributed by atoms with Crippen LogP contribution in [0.2, 0.25) is 6.32 Å². The molecule has 1 aliphatic heterocycles. The van der Waals surface area contributed by atoms with Gasteiger partial charge in [0.15, 0.2) is 0 Å². The molecule has 1 atom stereocenters. The maximum absolute atomic E-state index is 8.60. The van der Waals surface area contributed by atoms with Crippen molar-refractivity contribution in [3.63, 3.8) is 0 Å². The molecule has 0 amide bonds. The van der Waals surface area contributed by atoms with Gasteiger partial charge in [-0.3, -0.25) is 0 Å². The van der Waals surface area contributed by atoms with Crippen molar-refractivity contribution in [1.29, 1.82) is 0 Å². The van der Waals surface area contributed by atoms with E-state index >= 15 is 0 Å². The van der Waals surface area contributed by atoms with Crippen molar-refractivity contribution in [2.45, 2.75) is 31.6 Å². The Kier molecular flexibility index (Phi) is 9.08. The van der Waals surface area contributed by atoms with E-state index in [0.717, 1.165) is 32.4 Å². The van der Waals surface area contributed by atoms with Gasteiger partial charge in [0.25, 0.3) is 0 Å². The second-order valence-electron chi connectivity index (χ2n) is 3.93. The number of rotatable bonds is 6. The highest BCUT2D eigenvalue weighted by molar-refractivity contribution is 6.40. The molecule has 92 valence electrons. The van der Waals surface area contributed by atoms with Gasteiger partial charge in [-0.25, -0.2) is 0 Å². The van der Waals surface area contributed by atoms with E-state index in [-0.39, 0.29) is 12.2 Å². The summed E-state index contributed by atoms with van der Waals surface area (Å²) in [7, 11) is -1.15. The van der Waals surface area contributed by atoms with Crippen LogP contribution in [-0.4, -0.2) is 42.4 Å². The summed E-state index contributed by atoms with van der Waals surface area (Å²) in [6.45, 7) is 2.09. The van der Waals surface area contributed by atoms with E-state index in [2.05, 4.69) is 5.32 Å². The van der Waals surface area contributed by atoms with Gasteiger partial charge in [-0.2, -0.15) is 9.59 Å². The highest BCUT2D eigenvalue weighted by Gasteiger charge is 2.23. The van der Waals surface area contributed by atoms with E-state index in [0.29, 0.717) is 12.2 Å². The van der Waals surface area contributed by atoms with Crippen molar-refractivity contribution >= 4 is 13.3 Å². The zero-order chi connectivity index (χ0) is 12.4. The Morgan fingerprint density at radius 2 is 1.94 bits per heavy atom. The summed E-state index contributed by atoms with van der Waals surface area (Å²) in [4.78, 5) is 16.2. The van der Waals surface area contributed by atoms with Crippen LogP contribution < -0.4 is 11.1 Å². The summed E-state index contributed by atoms with van der Waals surface area (Å²) < 4.78 is 0. The van der Waals surface area contributed by atoms with Crippen LogP contribution in [0.25, 0.3) is 0 Å². The van der Waals surface area contributed by atoms with Crippen molar-refractivity contribution in [1.82, 2.24) is 5.32 Å². The van der Waals surface area contributed by atoms with E-state index in [1.54, 1.807) is 0 Å². The third-order valence-corrected chi connectivity index (χ3v) is 2.67. The smallest absolute Gasteiger partial charge is 0.427 e. The first-order chi connectivity index (χ1) is 7.61. The standard InChI is InChI=1S/C8H19BN2O2.CO2/c10-8(7-5-11-6-7)3-1-2-4-9(12)13;2-1-3/h7-8,11-13H,1-6,10H2;. The van der Waals surface area contributed by atoms with Crippen molar-refractivity contribution in [2.24, 2.45) is 11.7 Å². The lowest BCUT2D eigenvalue weighted by Crippen LogP contribution is -2.51. The van der Waals surface area contributed by atoms with E-state index in [1.807, 2.05) is 0 Å². The van der Waals surface area contributed by atoms with Gasteiger partial charge in [-0.15, -0.1) is 0 Å². The zero-order valence-electron chi connectivity index (χ0n) is 9.26. The number of hydrogen-bond acceptors (Lipinski definition) is 6. The summed E-state index contributed by atoms with van der Waals surface area (Å²) in [6.07, 6.45) is 3.56. The molecule has 0 spiro atoms. The van der Waals surface area contributed by atoms with Gasteiger partial charge in [-0.05, 0) is 18.7 Å². The molecule has 0 saturated carbocycles. The van der Waals surface area contributed by atoms with Crippen LogP contribution >= 0.6 is 0 Å². The third kappa shape index (κ3) is 7.56. The maximum Gasteiger partial charge on any atom is 0.451 e. The molecule has 5 N–H and O–H groups in total. The lowest BCUT2D eigenvalue weighted by atomic mass is 9.82. The van der Waals surface area contributed by atoms with E-state index in [1.165, 1.54) is 0 Å². The van der Waals surface area contributed by atoms with Crippen molar-refractivity contribution in [3.05, 3.63) is 0 Å². The zero-order valence-corrected chi connectivity index (χ0v) is 9.26. The second-order valence-corrected chi connectivity index (χ2v) is 3.93. The quantitative estimate of drug-likeness (QED) is 0.329. The fraction of sp³-hybridized carbons (Fsp3) is 0.889. The van der Waals surface area contributed by atoms with Crippen LogP contribution in [-0.2, 0) is 9.59 Å². The van der Waals surface area contributed by atoms with Crippen molar-refractivity contribution in [2.75, 3.05) is 13.1 Å². The second kappa shape index (κ2) is 9.51. The number of nitrogens with two attached hydrogens (primary N) is 1. The molecule has 6 nitrogen and oxygen atoms in total. The highest BCUT2D eigenvalue weighted by Crippen LogP contribution is 2.13. The third-order valence-electron chi connectivity index (χ3n) is 2.67. The minimum atomic E-state index is -1.15. The average molecular weight is 230 g/mol. The fourth-order valence-electron chi connectivity index (χ4n) is 1.56. The molecule has 0 bridgehead atoms. The Hall–Kier alpha value is -0.715. The topological polar surface area (TPSA) is 113 Å². The van der Waals surface area contributed by atoms with Crippen LogP contribution in [0.1, 0.15) is 19.3 Å². The Bertz CT molecular complexity index is 206. The van der Waals surface area contributed by atoms with Crippen LogP contribution in [0.15, 0.2) is 0 Å². The summed E-state index contributed by atoms with van der Waals surface area (Å²) in [6, 6.07) is 0.289. The van der Waals surface area contributed by atoms with E-state index in [4.69, 9.17) is 25.4 Å². The van der Waals surface area contributed by atoms with Crippen LogP contribution in [0.5, 0.6) is 0 Å². The minimum Gasteiger partial charge on any atom is -0.427 e. The predicted molar refractivity (Wildman–Crippen MR) is 58.2 cm³/mol. The lowest BCUT2D eigenvalue weighted by Gasteiger charge is -2.32. The molecule has 1 saturated heterocycles. The SMILES string of the molecule is NC(CCCCB(O)O)C1CNC1.O=C=O. The first-order valence-corrected chi connectivity index (χ1v) is 5.43. The monoisotopic (exact) mass is 230 g/mol. The van der Waals surface area contributed by atoms with Crippen LogP contribution in [0.3, 0.4) is 0 Å². The molecule has 0 aromatic carbocycles. The van der Waals surface area contributed by atoms with Crippen LogP contribution in [0.4, 0.5) is 0 Å². The molecule has 0 aromatic heterocycles. The normalized spacial score (nSPS) is 16.4. The van der Waals surface area contributed by atoms with Crippen molar-refractivity contribution < 1.29 is 19.6 Å². The molecule has 0 radical (unpaired) electrons. The van der Waals surface area contributed by atoms with Crippen LogP contribution in [0, 0.1) is 5.92 Å². The number of hydrogen-bond donors (Lipinski definition) is 4. The Morgan fingerprint density at radius 3 is 2.31 bits per heavy atom. The van der Waals surface area contributed by atoms with Gasteiger partial charge >= 0.3 is 13.3 Å². The Balaban J connectivity index is 0.000000673. The minimum absolute atomic E-state index is 0.250. The molecule has 1 aliphatic rings. The lowest BCUT2D eigenvalue weighted by molar-refractivity contribution is -0.191. The molecule has 7 heteroatoms. The maximum atomic E-state index is 8.60. The molecule has 0 aliphatic carbocycles. The summed E-state index contributed by atoms with van der Waals surface area (Å²) in [5.41, 5.74) is 5.93. The van der Waals surface area contributed by atoms with Gasteiger partial charge in [0.1, 0.15) is 0 Å². The molecule has 1 fully saturated rings. The van der Waals surface area contributed by atoms with Gasteiger partial charge in [0.2, 0.25) is 0 Å². The van der Waals surface area contributed by atoms with Gasteiger partial charge in [-0.1, -0.05) is 12.8 Å². The largest absolute Gasteiger partial charge is 0.451 e. The molecule has 1 heterocycles. The molecule has 1 rings (SSSR count). The molecule has 1 unspecified atom stereocenters. The molecule has 16 heavy (non-hydrogen) atoms. The first-order valence-electron chi connectivity index (χ1n) is 5.43. The van der Waals surface area contributed by atoms with E-state index in [9.17, 15) is 0 Å². The number of unbranched alkanes of at least 4 members (excludes halogenated alkanes) is 1. The predicted octanol–water partition coefficient (Wildman–Crippen LogP) is -1.41. The summed E-state index contributed by atoms with van der Waals surface area (Å²) >= 11 is 0. The van der Waals surface area contributed by atoms with Gasteiger partial charge < -0.3 is 21.1 Å². The van der Waals surface area contributed by atoms with Gasteiger partial charge in [0.05, 0.1) is 0 Å². The number of carbonyl (C=O) groups excluding carboxylic acids is 2. The fourth-order valence-corrected chi connectivity index (χ4v) is 1.56. The number of nitrogens with one attached hydrogen (secondary N) is 1. The summed E-state index contributed by atoms with van der Waals surface area (Å²) in [5.74, 6) is 0.638. The average Bonchev–Trinajstić information content (AvgIpc) is 2.10. The van der Waals surface area contributed by atoms with E-state index < -0.39 is 7.12 Å². The van der Waals surface area contributed by atoms with Gasteiger partial charge in [0, 0.05) is 19.1 Å². The van der Waals surface area contributed by atoms with Crippen molar-refractivity contribution in [3.8, 4) is 0 Å². The first kappa shape index (κ1) is 15.3. The molecular formula is C9H19BN2O4. The highest BCUT2D eigenvalue weighted by atomic mass is 16.4. The molecular weight excluding hydrogens is 211 g/mol. The Labute approximate surface area is 95.4 Å².